The lowest BCUT2D eigenvalue weighted by Gasteiger charge is -2.34. The minimum absolute atomic E-state index is 0.0672. The summed E-state index contributed by atoms with van der Waals surface area (Å²) >= 11 is 6.14. The molecule has 0 heterocycles. The van der Waals surface area contributed by atoms with Gasteiger partial charge in [-0.3, -0.25) is 13.9 Å². The van der Waals surface area contributed by atoms with Crippen LogP contribution in [0.15, 0.2) is 78.9 Å². The molecule has 2 amide bonds. The summed E-state index contributed by atoms with van der Waals surface area (Å²) in [5, 5.41) is 3.83. The maximum absolute atomic E-state index is 14.0. The van der Waals surface area contributed by atoms with Crippen LogP contribution in [0, 0.1) is 0 Å². The second-order valence-corrected chi connectivity index (χ2v) is 13.7. The van der Waals surface area contributed by atoms with E-state index in [0.717, 1.165) is 43.1 Å². The van der Waals surface area contributed by atoms with Crippen LogP contribution in [0.4, 0.5) is 5.69 Å². The van der Waals surface area contributed by atoms with E-state index < -0.39 is 16.1 Å². The molecule has 44 heavy (non-hydrogen) atoms. The third-order valence-electron chi connectivity index (χ3n) is 8.00. The standard InChI is InChI=1S/C34H42ClN3O5S/c1-43-31-21-19-30(20-22-31)38(44(2,41)42)23-9-14-33(39)37(25-27-15-17-28(35)18-16-27)32(24-26-10-5-3-6-11-26)34(40)36-29-12-7-4-8-13-29/h3,5-6,10-11,15-22,29,32H,4,7-9,12-14,23-25H2,1-2H3,(H,36,40). The van der Waals surface area contributed by atoms with Crippen molar-refractivity contribution in [1.29, 1.82) is 0 Å². The minimum atomic E-state index is -3.60. The van der Waals surface area contributed by atoms with Gasteiger partial charge in [0, 0.05) is 37.0 Å². The Balaban J connectivity index is 1.57. The molecule has 1 aliphatic carbocycles. The predicted octanol–water partition coefficient (Wildman–Crippen LogP) is 5.98. The van der Waals surface area contributed by atoms with Crippen LogP contribution in [0.2, 0.25) is 5.02 Å². The van der Waals surface area contributed by atoms with Gasteiger partial charge < -0.3 is 15.0 Å². The van der Waals surface area contributed by atoms with Crippen molar-refractivity contribution < 1.29 is 22.7 Å². The number of methoxy groups -OCH3 is 1. The number of carbonyl (C=O) groups is 2. The lowest BCUT2D eigenvalue weighted by atomic mass is 9.94. The van der Waals surface area contributed by atoms with Gasteiger partial charge in [-0.25, -0.2) is 8.42 Å². The normalized spacial score (nSPS) is 14.4. The molecule has 236 valence electrons. The number of carbonyl (C=O) groups excluding carboxylic acids is 2. The monoisotopic (exact) mass is 639 g/mol. The van der Waals surface area contributed by atoms with Crippen molar-refractivity contribution in [3.05, 3.63) is 95.0 Å². The van der Waals surface area contributed by atoms with Crippen molar-refractivity contribution in [2.75, 3.05) is 24.2 Å². The summed E-state index contributed by atoms with van der Waals surface area (Å²) in [6, 6.07) is 23.1. The van der Waals surface area contributed by atoms with Crippen LogP contribution in [0.1, 0.15) is 56.1 Å². The van der Waals surface area contributed by atoms with Gasteiger partial charge in [-0.05, 0) is 66.8 Å². The Morgan fingerprint density at radius 2 is 1.59 bits per heavy atom. The van der Waals surface area contributed by atoms with E-state index in [1.807, 2.05) is 42.5 Å². The summed E-state index contributed by atoms with van der Waals surface area (Å²) in [4.78, 5) is 29.6. The summed E-state index contributed by atoms with van der Waals surface area (Å²) in [6.07, 6.45) is 7.04. The van der Waals surface area contributed by atoms with Gasteiger partial charge >= 0.3 is 0 Å². The molecule has 8 nitrogen and oxygen atoms in total. The second-order valence-electron chi connectivity index (χ2n) is 11.3. The lowest BCUT2D eigenvalue weighted by Crippen LogP contribution is -2.52. The van der Waals surface area contributed by atoms with Crippen molar-refractivity contribution in [2.45, 2.75) is 70.0 Å². The number of sulfonamides is 1. The van der Waals surface area contributed by atoms with Crippen LogP contribution in [0.3, 0.4) is 0 Å². The van der Waals surface area contributed by atoms with E-state index in [2.05, 4.69) is 5.32 Å². The lowest BCUT2D eigenvalue weighted by molar-refractivity contribution is -0.141. The fourth-order valence-electron chi connectivity index (χ4n) is 5.64. The number of nitrogens with zero attached hydrogens (tertiary/aromatic N) is 2. The van der Waals surface area contributed by atoms with Crippen LogP contribution in [-0.2, 0) is 32.6 Å². The van der Waals surface area contributed by atoms with E-state index in [4.69, 9.17) is 16.3 Å². The van der Waals surface area contributed by atoms with Crippen molar-refractivity contribution in [3.8, 4) is 5.75 Å². The molecule has 1 N–H and O–H groups in total. The van der Waals surface area contributed by atoms with Gasteiger partial charge in [-0.2, -0.15) is 0 Å². The molecule has 0 bridgehead atoms. The molecule has 4 rings (SSSR count). The van der Waals surface area contributed by atoms with Crippen molar-refractivity contribution in [3.63, 3.8) is 0 Å². The number of hydrogen-bond donors (Lipinski definition) is 1. The van der Waals surface area contributed by atoms with E-state index in [1.54, 1.807) is 48.4 Å². The highest BCUT2D eigenvalue weighted by molar-refractivity contribution is 7.92. The van der Waals surface area contributed by atoms with Crippen molar-refractivity contribution in [2.24, 2.45) is 0 Å². The molecule has 1 unspecified atom stereocenters. The number of anilines is 1. The minimum Gasteiger partial charge on any atom is -0.497 e. The largest absolute Gasteiger partial charge is 0.497 e. The van der Waals surface area contributed by atoms with E-state index in [-0.39, 0.29) is 43.8 Å². The average Bonchev–Trinajstić information content (AvgIpc) is 3.02. The molecular formula is C34H42ClN3O5S. The van der Waals surface area contributed by atoms with Gasteiger partial charge in [0.1, 0.15) is 11.8 Å². The zero-order chi connectivity index (χ0) is 31.5. The molecule has 0 aliphatic heterocycles. The second kappa shape index (κ2) is 16.0. The maximum Gasteiger partial charge on any atom is 0.243 e. The van der Waals surface area contributed by atoms with Gasteiger partial charge in [0.05, 0.1) is 19.1 Å². The molecule has 0 saturated heterocycles. The summed E-state index contributed by atoms with van der Waals surface area (Å²) in [7, 11) is -2.06. The van der Waals surface area contributed by atoms with E-state index in [0.29, 0.717) is 22.9 Å². The quantitative estimate of drug-likeness (QED) is 0.234. The van der Waals surface area contributed by atoms with Crippen LogP contribution >= 0.6 is 11.6 Å². The van der Waals surface area contributed by atoms with Crippen LogP contribution in [0.25, 0.3) is 0 Å². The fraction of sp³-hybridized carbons (Fsp3) is 0.412. The van der Waals surface area contributed by atoms with Crippen LogP contribution in [0.5, 0.6) is 5.75 Å². The maximum atomic E-state index is 14.0. The first-order chi connectivity index (χ1) is 21.1. The Morgan fingerprint density at radius 3 is 2.20 bits per heavy atom. The third kappa shape index (κ3) is 9.72. The van der Waals surface area contributed by atoms with Crippen LogP contribution in [-0.4, -0.2) is 57.1 Å². The molecule has 0 spiro atoms. The average molecular weight is 640 g/mol. The van der Waals surface area contributed by atoms with Gasteiger partial charge in [-0.15, -0.1) is 0 Å². The number of amides is 2. The van der Waals surface area contributed by atoms with Crippen LogP contribution < -0.4 is 14.4 Å². The number of halogens is 1. The summed E-state index contributed by atoms with van der Waals surface area (Å²) in [5.41, 5.74) is 2.29. The fourth-order valence-corrected chi connectivity index (χ4v) is 6.73. The first-order valence-corrected chi connectivity index (χ1v) is 17.4. The molecule has 1 fully saturated rings. The number of ether oxygens (including phenoxy) is 1. The van der Waals surface area contributed by atoms with Gasteiger partial charge in [0.25, 0.3) is 0 Å². The van der Waals surface area contributed by atoms with Gasteiger partial charge in [0.2, 0.25) is 21.8 Å². The molecule has 1 saturated carbocycles. The Bertz CT molecular complexity index is 1460. The number of nitrogens with one attached hydrogen (secondary N) is 1. The zero-order valence-electron chi connectivity index (χ0n) is 25.5. The molecule has 1 atom stereocenters. The Morgan fingerprint density at radius 1 is 0.932 bits per heavy atom. The number of rotatable bonds is 14. The highest BCUT2D eigenvalue weighted by Gasteiger charge is 2.32. The Labute approximate surface area is 266 Å². The molecule has 3 aromatic carbocycles. The van der Waals surface area contributed by atoms with E-state index >= 15 is 0 Å². The molecule has 3 aromatic rings. The summed E-state index contributed by atoms with van der Waals surface area (Å²) < 4.78 is 31.9. The predicted molar refractivity (Wildman–Crippen MR) is 175 cm³/mol. The van der Waals surface area contributed by atoms with E-state index in [1.165, 1.54) is 10.7 Å². The smallest absolute Gasteiger partial charge is 0.243 e. The summed E-state index contributed by atoms with van der Waals surface area (Å²) in [5.74, 6) is 0.230. The van der Waals surface area contributed by atoms with Crippen molar-refractivity contribution in [1.82, 2.24) is 10.2 Å². The first-order valence-electron chi connectivity index (χ1n) is 15.1. The summed E-state index contributed by atoms with van der Waals surface area (Å²) in [6.45, 7) is 0.336. The molecule has 10 heteroatoms. The Kier molecular flexibility index (Phi) is 12.1. The highest BCUT2D eigenvalue weighted by Crippen LogP contribution is 2.24. The topological polar surface area (TPSA) is 96.0 Å². The van der Waals surface area contributed by atoms with Gasteiger partial charge in [-0.1, -0.05) is 73.3 Å². The molecule has 1 aliphatic rings. The number of benzene rings is 3. The molecule has 0 radical (unpaired) electrons. The highest BCUT2D eigenvalue weighted by atomic mass is 35.5. The van der Waals surface area contributed by atoms with Gasteiger partial charge in [0.15, 0.2) is 0 Å². The molecule has 0 aromatic heterocycles. The molecular weight excluding hydrogens is 598 g/mol. The van der Waals surface area contributed by atoms with E-state index in [9.17, 15) is 18.0 Å². The first kappa shape index (κ1) is 33.3. The van der Waals surface area contributed by atoms with Crippen molar-refractivity contribution >= 4 is 39.1 Å². The SMILES string of the molecule is COc1ccc(N(CCCC(=O)N(Cc2ccc(Cl)cc2)C(Cc2ccccc2)C(=O)NC2CCCCC2)S(C)(=O)=O)cc1. The zero-order valence-corrected chi connectivity index (χ0v) is 27.0. The number of hydrogen-bond acceptors (Lipinski definition) is 5. The third-order valence-corrected chi connectivity index (χ3v) is 9.45. The Hall–Kier alpha value is -3.56.